The van der Waals surface area contributed by atoms with Crippen molar-refractivity contribution < 1.29 is 4.79 Å². The fraction of sp³-hybridized carbons (Fsp3) is 0.333. The van der Waals surface area contributed by atoms with E-state index in [0.717, 1.165) is 40.5 Å². The predicted octanol–water partition coefficient (Wildman–Crippen LogP) is 2.29. The standard InChI is InChI=1S/C18H19N5OS/c1-13-21-14(11-25-13)10-17(24)22-6-8-23(9-7-22)18-15-4-2-3-5-16(15)19-12-20-18/h2-5,11-12H,6-10H2,1H3. The predicted molar refractivity (Wildman–Crippen MR) is 98.9 cm³/mol. The van der Waals surface area contributed by atoms with Gasteiger partial charge in [-0.05, 0) is 19.1 Å². The molecule has 6 nitrogen and oxygen atoms in total. The van der Waals surface area contributed by atoms with Crippen molar-refractivity contribution >= 4 is 34.0 Å². The van der Waals surface area contributed by atoms with Crippen LogP contribution in [0.3, 0.4) is 0 Å². The highest BCUT2D eigenvalue weighted by atomic mass is 32.1. The molecule has 1 aromatic carbocycles. The van der Waals surface area contributed by atoms with Crippen molar-refractivity contribution in [2.45, 2.75) is 13.3 Å². The van der Waals surface area contributed by atoms with Gasteiger partial charge in [0.1, 0.15) is 12.1 Å². The van der Waals surface area contributed by atoms with E-state index in [-0.39, 0.29) is 5.91 Å². The minimum absolute atomic E-state index is 0.150. The number of aryl methyl sites for hydroxylation is 1. The molecule has 0 N–H and O–H groups in total. The average molecular weight is 353 g/mol. The molecule has 1 saturated heterocycles. The molecule has 0 atom stereocenters. The summed E-state index contributed by atoms with van der Waals surface area (Å²) in [7, 11) is 0. The number of nitrogens with zero attached hydrogens (tertiary/aromatic N) is 5. The Kier molecular flexibility index (Phi) is 4.31. The van der Waals surface area contributed by atoms with Crippen LogP contribution in [-0.4, -0.2) is 51.9 Å². The monoisotopic (exact) mass is 353 g/mol. The van der Waals surface area contributed by atoms with Crippen LogP contribution in [-0.2, 0) is 11.2 Å². The molecule has 1 aliphatic rings. The summed E-state index contributed by atoms with van der Waals surface area (Å²) < 4.78 is 0. The number of amides is 1. The molecule has 25 heavy (non-hydrogen) atoms. The summed E-state index contributed by atoms with van der Waals surface area (Å²) in [6.45, 7) is 4.94. The molecule has 2 aromatic heterocycles. The normalized spacial score (nSPS) is 14.9. The third kappa shape index (κ3) is 3.32. The molecule has 0 radical (unpaired) electrons. The number of hydrogen-bond acceptors (Lipinski definition) is 6. The summed E-state index contributed by atoms with van der Waals surface area (Å²) in [5.74, 6) is 1.10. The number of anilines is 1. The summed E-state index contributed by atoms with van der Waals surface area (Å²) in [5, 5.41) is 4.03. The summed E-state index contributed by atoms with van der Waals surface area (Å²) >= 11 is 1.59. The van der Waals surface area contributed by atoms with Gasteiger partial charge in [0.25, 0.3) is 0 Å². The number of para-hydroxylation sites is 1. The number of rotatable bonds is 3. The van der Waals surface area contributed by atoms with Crippen LogP contribution in [0.5, 0.6) is 0 Å². The van der Waals surface area contributed by atoms with Gasteiger partial charge in [0.15, 0.2) is 0 Å². The highest BCUT2D eigenvalue weighted by Gasteiger charge is 2.23. The Morgan fingerprint density at radius 1 is 1.16 bits per heavy atom. The Balaban J connectivity index is 1.43. The summed E-state index contributed by atoms with van der Waals surface area (Å²) in [5.41, 5.74) is 1.82. The van der Waals surface area contributed by atoms with Crippen LogP contribution < -0.4 is 4.90 Å². The molecule has 3 heterocycles. The lowest BCUT2D eigenvalue weighted by atomic mass is 10.2. The van der Waals surface area contributed by atoms with Crippen LogP contribution in [0, 0.1) is 6.92 Å². The quantitative estimate of drug-likeness (QED) is 0.723. The zero-order valence-electron chi connectivity index (χ0n) is 14.1. The van der Waals surface area contributed by atoms with Gasteiger partial charge < -0.3 is 9.80 Å². The van der Waals surface area contributed by atoms with Crippen LogP contribution in [0.25, 0.3) is 10.9 Å². The van der Waals surface area contributed by atoms with Crippen LogP contribution in [0.15, 0.2) is 36.0 Å². The van der Waals surface area contributed by atoms with Crippen molar-refractivity contribution in [3.63, 3.8) is 0 Å². The van der Waals surface area contributed by atoms with Gasteiger partial charge in [-0.15, -0.1) is 11.3 Å². The van der Waals surface area contributed by atoms with Crippen molar-refractivity contribution in [3.05, 3.63) is 46.7 Å². The van der Waals surface area contributed by atoms with Gasteiger partial charge in [0.05, 0.1) is 22.6 Å². The Hall–Kier alpha value is -2.54. The maximum Gasteiger partial charge on any atom is 0.228 e. The van der Waals surface area contributed by atoms with Crippen molar-refractivity contribution in [2.75, 3.05) is 31.1 Å². The van der Waals surface area contributed by atoms with Crippen LogP contribution >= 0.6 is 11.3 Å². The number of fused-ring (bicyclic) bond motifs is 1. The van der Waals surface area contributed by atoms with E-state index in [0.29, 0.717) is 19.5 Å². The lowest BCUT2D eigenvalue weighted by molar-refractivity contribution is -0.130. The molecule has 7 heteroatoms. The van der Waals surface area contributed by atoms with E-state index in [2.05, 4.69) is 19.9 Å². The van der Waals surface area contributed by atoms with E-state index < -0.39 is 0 Å². The lowest BCUT2D eigenvalue weighted by Crippen LogP contribution is -2.49. The molecule has 0 saturated carbocycles. The van der Waals surface area contributed by atoms with Crippen molar-refractivity contribution in [1.82, 2.24) is 19.9 Å². The minimum atomic E-state index is 0.150. The Morgan fingerprint density at radius 2 is 1.96 bits per heavy atom. The molecule has 0 aliphatic carbocycles. The smallest absolute Gasteiger partial charge is 0.228 e. The molecule has 1 fully saturated rings. The van der Waals surface area contributed by atoms with Gasteiger partial charge in [0, 0.05) is 36.9 Å². The number of carbonyl (C=O) groups excluding carboxylic acids is 1. The molecule has 0 unspecified atom stereocenters. The highest BCUT2D eigenvalue weighted by molar-refractivity contribution is 7.09. The number of carbonyl (C=O) groups is 1. The molecule has 1 amide bonds. The second-order valence-corrected chi connectivity index (χ2v) is 7.18. The van der Waals surface area contributed by atoms with E-state index in [1.807, 2.05) is 41.5 Å². The second kappa shape index (κ2) is 6.76. The third-order valence-electron chi connectivity index (χ3n) is 4.45. The van der Waals surface area contributed by atoms with Crippen molar-refractivity contribution in [1.29, 1.82) is 0 Å². The first-order valence-electron chi connectivity index (χ1n) is 8.34. The minimum Gasteiger partial charge on any atom is -0.352 e. The first-order valence-corrected chi connectivity index (χ1v) is 9.22. The lowest BCUT2D eigenvalue weighted by Gasteiger charge is -2.35. The Bertz CT molecular complexity index is 896. The molecule has 0 spiro atoms. The van der Waals surface area contributed by atoms with Gasteiger partial charge in [-0.2, -0.15) is 0 Å². The number of hydrogen-bond donors (Lipinski definition) is 0. The van der Waals surface area contributed by atoms with Crippen molar-refractivity contribution in [3.8, 4) is 0 Å². The largest absolute Gasteiger partial charge is 0.352 e. The number of benzene rings is 1. The zero-order valence-corrected chi connectivity index (χ0v) is 14.9. The van der Waals surface area contributed by atoms with Crippen molar-refractivity contribution in [2.24, 2.45) is 0 Å². The fourth-order valence-electron chi connectivity index (χ4n) is 3.17. The summed E-state index contributed by atoms with van der Waals surface area (Å²) in [4.78, 5) is 29.8. The Morgan fingerprint density at radius 3 is 2.72 bits per heavy atom. The van der Waals surface area contributed by atoms with Crippen LogP contribution in [0.2, 0.25) is 0 Å². The number of aromatic nitrogens is 3. The maximum atomic E-state index is 12.5. The zero-order chi connectivity index (χ0) is 17.2. The molecule has 1 aliphatic heterocycles. The molecule has 128 valence electrons. The third-order valence-corrected chi connectivity index (χ3v) is 5.27. The topological polar surface area (TPSA) is 62.2 Å². The molecular weight excluding hydrogens is 334 g/mol. The van der Waals surface area contributed by atoms with Crippen LogP contribution in [0.4, 0.5) is 5.82 Å². The molecule has 0 bridgehead atoms. The van der Waals surface area contributed by atoms with Gasteiger partial charge in [-0.3, -0.25) is 4.79 Å². The molecular formula is C18H19N5OS. The van der Waals surface area contributed by atoms with E-state index in [4.69, 9.17) is 0 Å². The maximum absolute atomic E-state index is 12.5. The van der Waals surface area contributed by atoms with E-state index >= 15 is 0 Å². The second-order valence-electron chi connectivity index (χ2n) is 6.12. The average Bonchev–Trinajstić information content (AvgIpc) is 3.06. The number of thiazole rings is 1. The van der Waals surface area contributed by atoms with E-state index in [1.165, 1.54) is 0 Å². The van der Waals surface area contributed by atoms with E-state index in [1.54, 1.807) is 17.7 Å². The van der Waals surface area contributed by atoms with Gasteiger partial charge in [0.2, 0.25) is 5.91 Å². The van der Waals surface area contributed by atoms with E-state index in [9.17, 15) is 4.79 Å². The molecule has 4 rings (SSSR count). The SMILES string of the molecule is Cc1nc(CC(=O)N2CCN(c3ncnc4ccccc34)CC2)cs1. The van der Waals surface area contributed by atoms with Crippen LogP contribution in [0.1, 0.15) is 10.7 Å². The van der Waals surface area contributed by atoms with Gasteiger partial charge in [-0.25, -0.2) is 15.0 Å². The fourth-order valence-corrected chi connectivity index (χ4v) is 3.78. The summed E-state index contributed by atoms with van der Waals surface area (Å²) in [6, 6.07) is 8.03. The highest BCUT2D eigenvalue weighted by Crippen LogP contribution is 2.23. The first-order chi connectivity index (χ1) is 12.2. The number of piperazine rings is 1. The molecule has 3 aromatic rings. The van der Waals surface area contributed by atoms with Gasteiger partial charge in [-0.1, -0.05) is 12.1 Å². The summed E-state index contributed by atoms with van der Waals surface area (Å²) in [6.07, 6.45) is 2.00. The Labute approximate surface area is 150 Å². The van der Waals surface area contributed by atoms with Gasteiger partial charge >= 0.3 is 0 Å². The first kappa shape index (κ1) is 16.0.